The molecule has 0 radical (unpaired) electrons. The van der Waals surface area contributed by atoms with Gasteiger partial charge >= 0.3 is 0 Å². The first-order chi connectivity index (χ1) is 16.0. The molecule has 0 saturated carbocycles. The van der Waals surface area contributed by atoms with Crippen LogP contribution in [0.1, 0.15) is 25.3 Å². The molecule has 0 amide bonds. The second-order valence-corrected chi connectivity index (χ2v) is 9.48. The summed E-state index contributed by atoms with van der Waals surface area (Å²) in [5, 5.41) is 11.7. The normalized spacial score (nSPS) is 17.2. The minimum atomic E-state index is 0.0429. The number of phenolic OH excluding ortho intramolecular Hbond substituents is 1. The Morgan fingerprint density at radius 3 is 2.55 bits per heavy atom. The molecule has 4 nitrogen and oxygen atoms in total. The molecule has 0 aliphatic carbocycles. The van der Waals surface area contributed by atoms with Gasteiger partial charge in [-0.3, -0.25) is 4.79 Å². The quantitative estimate of drug-likeness (QED) is 0.251. The van der Waals surface area contributed by atoms with E-state index in [0.29, 0.717) is 4.48 Å². The number of hydrogen-bond acceptors (Lipinski definition) is 3. The third-order valence-corrected chi connectivity index (χ3v) is 7.48. The fourth-order valence-corrected chi connectivity index (χ4v) is 5.77. The van der Waals surface area contributed by atoms with E-state index >= 15 is 0 Å². The molecule has 0 fully saturated rings. The number of phenols is 1. The molecule has 0 spiro atoms. The lowest BCUT2D eigenvalue weighted by Crippen LogP contribution is -2.44. The van der Waals surface area contributed by atoms with Gasteiger partial charge in [0.2, 0.25) is 0 Å². The smallest absolute Gasteiger partial charge is 0.279 e. The Kier molecular flexibility index (Phi) is 5.60. The topological polar surface area (TPSA) is 42.2 Å². The number of nitrogens with zero attached hydrogens (tertiary/aromatic N) is 2. The Bertz CT molecular complexity index is 1370. The van der Waals surface area contributed by atoms with Crippen LogP contribution in [0.4, 0.5) is 11.4 Å². The molecular formula is C28H27N2O2S+. The van der Waals surface area contributed by atoms with E-state index in [-0.39, 0.29) is 10.9 Å². The Hall–Kier alpha value is -3.28. The minimum absolute atomic E-state index is 0.0429. The number of aromatic nitrogens is 1. The highest BCUT2D eigenvalue weighted by Crippen LogP contribution is 2.49. The molecule has 5 rings (SSSR count). The molecule has 1 atom stereocenters. The van der Waals surface area contributed by atoms with Crippen LogP contribution in [-0.4, -0.2) is 21.3 Å². The molecular weight excluding hydrogens is 428 g/mol. The second-order valence-electron chi connectivity index (χ2n) is 8.49. The number of benzene rings is 3. The van der Waals surface area contributed by atoms with E-state index in [1.807, 2.05) is 48.0 Å². The molecule has 1 N–H and O–H groups in total. The number of unbranched alkanes of at least 4 members (excludes halogenated alkanes) is 1. The van der Waals surface area contributed by atoms with Crippen molar-refractivity contribution in [1.29, 1.82) is 0 Å². The van der Waals surface area contributed by atoms with E-state index in [9.17, 15) is 9.90 Å². The Morgan fingerprint density at radius 2 is 1.76 bits per heavy atom. The Balaban J connectivity index is 1.61. The van der Waals surface area contributed by atoms with Crippen molar-refractivity contribution < 1.29 is 9.90 Å². The van der Waals surface area contributed by atoms with Crippen LogP contribution in [0.2, 0.25) is 0 Å². The van der Waals surface area contributed by atoms with Crippen LogP contribution in [0, 0.1) is 0 Å². The predicted molar refractivity (Wildman–Crippen MR) is 138 cm³/mol. The second kappa shape index (κ2) is 8.58. The average Bonchev–Trinajstić information content (AvgIpc) is 3.33. The SMILES string of the molecule is CCCC[N+]1(c2ccccc2)C(C(=O)Sc2cc3cc(O)ccc3n2C)=Cc2ccccc21. The van der Waals surface area contributed by atoms with Crippen LogP contribution >= 0.6 is 11.8 Å². The number of carbonyl (C=O) groups excluding carboxylic acids is 1. The summed E-state index contributed by atoms with van der Waals surface area (Å²) in [6.45, 7) is 3.02. The standard InChI is InChI=1S/C28H26N2O2S/c1-3-4-16-30(22-11-6-5-7-12-22)25-13-9-8-10-20(25)18-26(30)28(32)33-27-19-21-17-23(31)14-15-24(21)29(27)2/h5-15,17-19H,3-4,16H2,1-2H3/p+1. The maximum Gasteiger partial charge on any atom is 0.279 e. The molecule has 4 aromatic rings. The van der Waals surface area contributed by atoms with E-state index in [1.54, 1.807) is 12.1 Å². The summed E-state index contributed by atoms with van der Waals surface area (Å²) in [6.07, 6.45) is 4.13. The van der Waals surface area contributed by atoms with Crippen LogP contribution in [0.25, 0.3) is 17.0 Å². The van der Waals surface area contributed by atoms with Gasteiger partial charge in [-0.1, -0.05) is 43.7 Å². The van der Waals surface area contributed by atoms with E-state index in [0.717, 1.165) is 58.0 Å². The third kappa shape index (κ3) is 3.58. The lowest BCUT2D eigenvalue weighted by molar-refractivity contribution is -0.108. The lowest BCUT2D eigenvalue weighted by atomic mass is 10.1. The minimum Gasteiger partial charge on any atom is -0.508 e. The molecule has 5 heteroatoms. The van der Waals surface area contributed by atoms with Gasteiger partial charge in [-0.25, -0.2) is 4.48 Å². The van der Waals surface area contributed by atoms with E-state index < -0.39 is 0 Å². The van der Waals surface area contributed by atoms with Crippen molar-refractivity contribution in [3.05, 3.63) is 90.1 Å². The predicted octanol–water partition coefficient (Wildman–Crippen LogP) is 7.00. The van der Waals surface area contributed by atoms with Crippen LogP contribution < -0.4 is 4.48 Å². The van der Waals surface area contributed by atoms with Crippen molar-refractivity contribution in [1.82, 2.24) is 9.05 Å². The van der Waals surface area contributed by atoms with E-state index in [2.05, 4.69) is 43.3 Å². The molecule has 166 valence electrons. The fraction of sp³-hybridized carbons (Fsp3) is 0.179. The average molecular weight is 456 g/mol. The number of aromatic hydroxyl groups is 1. The first-order valence-electron chi connectivity index (χ1n) is 11.3. The molecule has 1 aliphatic heterocycles. The summed E-state index contributed by atoms with van der Waals surface area (Å²) in [5.41, 5.74) is 5.14. The number of fused-ring (bicyclic) bond motifs is 2. The zero-order valence-corrected chi connectivity index (χ0v) is 19.7. The summed E-state index contributed by atoms with van der Waals surface area (Å²) in [6, 6.07) is 26.0. The van der Waals surface area contributed by atoms with Gasteiger partial charge in [-0.05, 0) is 60.6 Å². The van der Waals surface area contributed by atoms with Gasteiger partial charge in [-0.2, -0.15) is 0 Å². The van der Waals surface area contributed by atoms with Gasteiger partial charge in [0.25, 0.3) is 5.12 Å². The van der Waals surface area contributed by atoms with Gasteiger partial charge in [0, 0.05) is 35.7 Å². The Morgan fingerprint density at radius 1 is 1.00 bits per heavy atom. The summed E-state index contributed by atoms with van der Waals surface area (Å²) < 4.78 is 2.46. The van der Waals surface area contributed by atoms with Crippen molar-refractivity contribution in [2.24, 2.45) is 7.05 Å². The van der Waals surface area contributed by atoms with Gasteiger partial charge in [0.05, 0.1) is 11.6 Å². The molecule has 33 heavy (non-hydrogen) atoms. The van der Waals surface area contributed by atoms with E-state index in [4.69, 9.17) is 0 Å². The van der Waals surface area contributed by atoms with Gasteiger partial charge < -0.3 is 9.67 Å². The van der Waals surface area contributed by atoms with Gasteiger partial charge in [-0.15, -0.1) is 0 Å². The number of aryl methyl sites for hydroxylation is 1. The van der Waals surface area contributed by atoms with Crippen molar-refractivity contribution in [2.75, 3.05) is 6.54 Å². The molecule has 0 bridgehead atoms. The monoisotopic (exact) mass is 455 g/mol. The number of quaternary nitrogens is 1. The number of hydrogen-bond donors (Lipinski definition) is 1. The number of rotatable bonds is 6. The highest BCUT2D eigenvalue weighted by Gasteiger charge is 2.47. The van der Waals surface area contributed by atoms with Crippen molar-refractivity contribution in [3.63, 3.8) is 0 Å². The van der Waals surface area contributed by atoms with Crippen molar-refractivity contribution in [3.8, 4) is 5.75 Å². The fourth-order valence-electron chi connectivity index (χ4n) is 4.84. The maximum atomic E-state index is 13.9. The first-order valence-corrected chi connectivity index (χ1v) is 12.1. The van der Waals surface area contributed by atoms with Crippen LogP contribution in [0.5, 0.6) is 5.75 Å². The van der Waals surface area contributed by atoms with Gasteiger partial charge in [0.15, 0.2) is 11.4 Å². The van der Waals surface area contributed by atoms with Crippen molar-refractivity contribution >= 4 is 45.2 Å². The molecule has 1 aromatic heterocycles. The van der Waals surface area contributed by atoms with Gasteiger partial charge in [0.1, 0.15) is 11.4 Å². The zero-order chi connectivity index (χ0) is 23.0. The van der Waals surface area contributed by atoms with Crippen LogP contribution in [-0.2, 0) is 11.8 Å². The first kappa shape index (κ1) is 21.6. The summed E-state index contributed by atoms with van der Waals surface area (Å²) in [4.78, 5) is 13.9. The van der Waals surface area contributed by atoms with Crippen LogP contribution in [0.15, 0.2) is 89.6 Å². The molecule has 1 unspecified atom stereocenters. The van der Waals surface area contributed by atoms with Crippen LogP contribution in [0.3, 0.4) is 0 Å². The highest BCUT2D eigenvalue weighted by molar-refractivity contribution is 8.14. The number of carbonyl (C=O) groups is 1. The zero-order valence-electron chi connectivity index (χ0n) is 18.9. The van der Waals surface area contributed by atoms with Crippen molar-refractivity contribution in [2.45, 2.75) is 24.8 Å². The molecule has 2 heterocycles. The summed E-state index contributed by atoms with van der Waals surface area (Å²) in [7, 11) is 1.96. The maximum absolute atomic E-state index is 13.9. The third-order valence-electron chi connectivity index (χ3n) is 6.48. The number of thioether (sulfide) groups is 1. The highest BCUT2D eigenvalue weighted by atomic mass is 32.2. The van der Waals surface area contributed by atoms with E-state index in [1.165, 1.54) is 11.8 Å². The Labute approximate surface area is 198 Å². The summed E-state index contributed by atoms with van der Waals surface area (Å²) >= 11 is 1.26. The summed E-state index contributed by atoms with van der Waals surface area (Å²) in [5.74, 6) is 0.226. The molecule has 0 saturated heterocycles. The number of para-hydroxylation sites is 2. The molecule has 1 aliphatic rings. The molecule has 3 aromatic carbocycles. The largest absolute Gasteiger partial charge is 0.508 e. The lowest BCUT2D eigenvalue weighted by Gasteiger charge is -2.35.